The van der Waals surface area contributed by atoms with E-state index in [0.29, 0.717) is 5.56 Å². The minimum Gasteiger partial charge on any atom is -1.00 e. The Labute approximate surface area is 108 Å². The molecule has 1 nitrogen and oxygen atoms in total. The third kappa shape index (κ3) is 5.95. The molecule has 12 heavy (non-hydrogen) atoms. The molecule has 0 bridgehead atoms. The minimum atomic E-state index is -0.311. The fourth-order valence-corrected chi connectivity index (χ4v) is 0.524. The molecular formula is C7H4Br2FMgN. The van der Waals surface area contributed by atoms with Gasteiger partial charge in [-0.15, -0.1) is 0 Å². The monoisotopic (exact) mass is 303 g/mol. The van der Waals surface area contributed by atoms with Crippen LogP contribution in [0.1, 0.15) is 5.56 Å². The summed E-state index contributed by atoms with van der Waals surface area (Å²) in [5.74, 6) is -0.311. The molecule has 0 saturated carbocycles. The van der Waals surface area contributed by atoms with Gasteiger partial charge >= 0.3 is 23.1 Å². The van der Waals surface area contributed by atoms with E-state index >= 15 is 0 Å². The Balaban J connectivity index is -0.000000270. The molecule has 1 rings (SSSR count). The van der Waals surface area contributed by atoms with E-state index in [9.17, 15) is 4.39 Å². The smallest absolute Gasteiger partial charge is 1.00 e. The van der Waals surface area contributed by atoms with Crippen molar-refractivity contribution < 1.29 is 38.4 Å². The van der Waals surface area contributed by atoms with E-state index in [-0.39, 0.29) is 62.8 Å². The van der Waals surface area contributed by atoms with Crippen LogP contribution >= 0.6 is 0 Å². The van der Waals surface area contributed by atoms with Gasteiger partial charge in [-0.1, -0.05) is 0 Å². The number of rotatable bonds is 0. The van der Waals surface area contributed by atoms with Gasteiger partial charge < -0.3 is 34.0 Å². The zero-order valence-electron chi connectivity index (χ0n) is 6.10. The van der Waals surface area contributed by atoms with Crippen molar-refractivity contribution in [3.63, 3.8) is 0 Å². The summed E-state index contributed by atoms with van der Waals surface area (Å²) in [7, 11) is 0. The van der Waals surface area contributed by atoms with Gasteiger partial charge in [-0.3, -0.25) is 0 Å². The maximum atomic E-state index is 12.1. The average Bonchev–Trinajstić information content (AvgIpc) is 1.90. The van der Waals surface area contributed by atoms with Crippen LogP contribution in [0.2, 0.25) is 0 Å². The van der Waals surface area contributed by atoms with Gasteiger partial charge in [-0.05, 0) is 24.3 Å². The SMILES string of the molecule is N#Cc1ccc(F)cc1.[Br-].[Br-].[Mg+2]. The molecule has 0 N–H and O–H groups in total. The van der Waals surface area contributed by atoms with Crippen LogP contribution in [0.15, 0.2) is 24.3 Å². The van der Waals surface area contributed by atoms with Gasteiger partial charge in [0.05, 0.1) is 11.6 Å². The van der Waals surface area contributed by atoms with Gasteiger partial charge in [-0.25, -0.2) is 4.39 Å². The summed E-state index contributed by atoms with van der Waals surface area (Å²) >= 11 is 0. The predicted octanol–water partition coefficient (Wildman–Crippen LogP) is -4.68. The predicted molar refractivity (Wildman–Crippen MR) is 36.9 cm³/mol. The number of halogens is 3. The molecule has 60 valence electrons. The summed E-state index contributed by atoms with van der Waals surface area (Å²) in [5.41, 5.74) is 0.483. The van der Waals surface area contributed by atoms with E-state index < -0.39 is 0 Å². The number of hydrogen-bond acceptors (Lipinski definition) is 1. The molecule has 0 aliphatic rings. The molecule has 0 saturated heterocycles. The van der Waals surface area contributed by atoms with Gasteiger partial charge in [0.1, 0.15) is 5.82 Å². The summed E-state index contributed by atoms with van der Waals surface area (Å²) in [6.45, 7) is 0. The molecule has 0 aromatic heterocycles. The van der Waals surface area contributed by atoms with Crippen LogP contribution in [-0.2, 0) is 0 Å². The van der Waals surface area contributed by atoms with Crippen molar-refractivity contribution in [1.29, 1.82) is 5.26 Å². The second-order valence-electron chi connectivity index (χ2n) is 1.62. The fraction of sp³-hybridized carbons (Fsp3) is 0. The van der Waals surface area contributed by atoms with E-state index in [1.165, 1.54) is 24.3 Å². The van der Waals surface area contributed by atoms with Crippen molar-refractivity contribution in [3.8, 4) is 6.07 Å². The van der Waals surface area contributed by atoms with Crippen molar-refractivity contribution in [2.75, 3.05) is 0 Å². The molecule has 0 atom stereocenters. The summed E-state index contributed by atoms with van der Waals surface area (Å²) < 4.78 is 12.1. The molecule has 1 aromatic rings. The molecule has 0 heterocycles. The summed E-state index contributed by atoms with van der Waals surface area (Å²) in [5, 5.41) is 8.26. The van der Waals surface area contributed by atoms with E-state index in [4.69, 9.17) is 5.26 Å². The van der Waals surface area contributed by atoms with Crippen LogP contribution in [0.5, 0.6) is 0 Å². The van der Waals surface area contributed by atoms with Gasteiger partial charge in [0, 0.05) is 0 Å². The van der Waals surface area contributed by atoms with Crippen molar-refractivity contribution in [1.82, 2.24) is 0 Å². The number of nitrogens with zero attached hydrogens (tertiary/aromatic N) is 1. The zero-order chi connectivity index (χ0) is 6.69. The van der Waals surface area contributed by atoms with Crippen molar-refractivity contribution in [2.45, 2.75) is 0 Å². The van der Waals surface area contributed by atoms with Gasteiger partial charge in [0.2, 0.25) is 0 Å². The molecule has 0 spiro atoms. The fourth-order valence-electron chi connectivity index (χ4n) is 0.524. The quantitative estimate of drug-likeness (QED) is 0.442. The molecule has 1 aromatic carbocycles. The van der Waals surface area contributed by atoms with Crippen LogP contribution in [0.4, 0.5) is 4.39 Å². The Hall–Kier alpha value is 0.366. The van der Waals surface area contributed by atoms with Crippen molar-refractivity contribution >= 4 is 23.1 Å². The van der Waals surface area contributed by atoms with Crippen LogP contribution < -0.4 is 34.0 Å². The molecular weight excluding hydrogens is 301 g/mol. The first kappa shape index (κ1) is 18.2. The van der Waals surface area contributed by atoms with E-state index in [0.717, 1.165) is 0 Å². The Morgan fingerprint density at radius 2 is 1.50 bits per heavy atom. The number of hydrogen-bond donors (Lipinski definition) is 0. The minimum absolute atomic E-state index is 0. The zero-order valence-corrected chi connectivity index (χ0v) is 10.7. The van der Waals surface area contributed by atoms with Gasteiger partial charge in [0.25, 0.3) is 0 Å². The third-order valence-corrected chi connectivity index (χ3v) is 0.973. The normalized spacial score (nSPS) is 6.33. The largest absolute Gasteiger partial charge is 2.00 e. The van der Waals surface area contributed by atoms with Gasteiger partial charge in [0.15, 0.2) is 0 Å². The van der Waals surface area contributed by atoms with E-state index in [2.05, 4.69) is 0 Å². The van der Waals surface area contributed by atoms with Crippen molar-refractivity contribution in [3.05, 3.63) is 35.6 Å². The van der Waals surface area contributed by atoms with Crippen molar-refractivity contribution in [2.24, 2.45) is 0 Å². The average molecular weight is 305 g/mol. The summed E-state index contributed by atoms with van der Waals surface area (Å²) in [4.78, 5) is 0. The maximum Gasteiger partial charge on any atom is 2.00 e. The number of nitriles is 1. The Kier molecular flexibility index (Phi) is 14.3. The number of benzene rings is 1. The Morgan fingerprint density at radius 3 is 1.83 bits per heavy atom. The molecule has 0 aliphatic carbocycles. The first-order chi connectivity index (χ1) is 4.33. The molecule has 0 aliphatic heterocycles. The first-order valence-corrected chi connectivity index (χ1v) is 2.48. The topological polar surface area (TPSA) is 23.8 Å². The van der Waals surface area contributed by atoms with Crippen LogP contribution in [0.25, 0.3) is 0 Å². The van der Waals surface area contributed by atoms with E-state index in [1.54, 1.807) is 0 Å². The maximum absolute atomic E-state index is 12.1. The Bertz CT molecular complexity index is 245. The van der Waals surface area contributed by atoms with Crippen LogP contribution in [0.3, 0.4) is 0 Å². The van der Waals surface area contributed by atoms with E-state index in [1.807, 2.05) is 6.07 Å². The second-order valence-corrected chi connectivity index (χ2v) is 1.62. The summed E-state index contributed by atoms with van der Waals surface area (Å²) in [6, 6.07) is 7.29. The Morgan fingerprint density at radius 1 is 1.08 bits per heavy atom. The standard InChI is InChI=1S/C7H4FN.2BrH.Mg/c8-7-3-1-6(5-9)2-4-7;;;/h1-4H;2*1H;/q;;;+2/p-2. The third-order valence-electron chi connectivity index (χ3n) is 0.973. The summed E-state index contributed by atoms with van der Waals surface area (Å²) in [6.07, 6.45) is 0. The molecule has 5 heteroatoms. The van der Waals surface area contributed by atoms with Crippen LogP contribution in [-0.4, -0.2) is 23.1 Å². The molecule has 0 unspecified atom stereocenters. The van der Waals surface area contributed by atoms with Crippen LogP contribution in [0, 0.1) is 17.1 Å². The molecule has 0 fully saturated rings. The van der Waals surface area contributed by atoms with Gasteiger partial charge in [-0.2, -0.15) is 5.26 Å². The first-order valence-electron chi connectivity index (χ1n) is 2.48. The second kappa shape index (κ2) is 9.45. The molecule has 0 amide bonds. The molecule has 0 radical (unpaired) electrons.